The molecule has 0 radical (unpaired) electrons. The molecule has 2 rings (SSSR count). The Morgan fingerprint density at radius 2 is 2.17 bits per heavy atom. The third kappa shape index (κ3) is 2.92. The normalized spacial score (nSPS) is 12.6. The van der Waals surface area contributed by atoms with Crippen molar-refractivity contribution in [2.24, 2.45) is 0 Å². The summed E-state index contributed by atoms with van der Waals surface area (Å²) in [6.07, 6.45) is 0.386. The average Bonchev–Trinajstić information content (AvgIpc) is 2.83. The number of fused-ring (bicyclic) bond motifs is 1. The second-order valence-corrected chi connectivity index (χ2v) is 4.28. The standard InChI is InChI=1S/C13H18N2O3/c1-14-5-6-15(2)13(16)8-10-3-4-11-12(7-10)18-9-17-11/h3-4,7,14H,5-6,8-9H2,1-2H3. The molecule has 98 valence electrons. The minimum Gasteiger partial charge on any atom is -0.454 e. The first kappa shape index (κ1) is 12.7. The van der Waals surface area contributed by atoms with Crippen molar-refractivity contribution >= 4 is 5.91 Å². The van der Waals surface area contributed by atoms with Gasteiger partial charge in [-0.1, -0.05) is 6.07 Å². The quantitative estimate of drug-likeness (QED) is 0.833. The van der Waals surface area contributed by atoms with Gasteiger partial charge < -0.3 is 19.7 Å². The molecule has 0 fully saturated rings. The van der Waals surface area contributed by atoms with Crippen molar-refractivity contribution in [1.29, 1.82) is 0 Å². The number of hydrogen-bond donors (Lipinski definition) is 1. The van der Waals surface area contributed by atoms with Gasteiger partial charge in [0.2, 0.25) is 12.7 Å². The lowest BCUT2D eigenvalue weighted by atomic mass is 10.1. The number of benzene rings is 1. The fraction of sp³-hybridized carbons (Fsp3) is 0.462. The van der Waals surface area contributed by atoms with Crippen molar-refractivity contribution in [3.8, 4) is 11.5 Å². The maximum atomic E-state index is 11.9. The summed E-state index contributed by atoms with van der Waals surface area (Å²) in [5.74, 6) is 1.57. The zero-order valence-electron chi connectivity index (χ0n) is 10.7. The monoisotopic (exact) mass is 250 g/mol. The number of amides is 1. The second-order valence-electron chi connectivity index (χ2n) is 4.28. The van der Waals surface area contributed by atoms with Gasteiger partial charge >= 0.3 is 0 Å². The van der Waals surface area contributed by atoms with Crippen molar-refractivity contribution in [1.82, 2.24) is 10.2 Å². The Hall–Kier alpha value is -1.75. The molecule has 1 N–H and O–H groups in total. The number of likely N-dealkylation sites (N-methyl/N-ethyl adjacent to an activating group) is 2. The number of hydrogen-bond acceptors (Lipinski definition) is 4. The van der Waals surface area contributed by atoms with Crippen LogP contribution < -0.4 is 14.8 Å². The van der Waals surface area contributed by atoms with Crippen LogP contribution in [0.15, 0.2) is 18.2 Å². The van der Waals surface area contributed by atoms with E-state index in [1.54, 1.807) is 4.90 Å². The molecular formula is C13H18N2O3. The molecule has 0 aliphatic carbocycles. The lowest BCUT2D eigenvalue weighted by molar-refractivity contribution is -0.129. The summed E-state index contributed by atoms with van der Waals surface area (Å²) in [5.41, 5.74) is 0.945. The highest BCUT2D eigenvalue weighted by Crippen LogP contribution is 2.32. The van der Waals surface area contributed by atoms with Crippen LogP contribution in [-0.2, 0) is 11.2 Å². The van der Waals surface area contributed by atoms with E-state index < -0.39 is 0 Å². The SMILES string of the molecule is CNCCN(C)C(=O)Cc1ccc2c(c1)OCO2. The highest BCUT2D eigenvalue weighted by atomic mass is 16.7. The lowest BCUT2D eigenvalue weighted by Gasteiger charge is -2.16. The van der Waals surface area contributed by atoms with E-state index in [0.29, 0.717) is 13.0 Å². The Morgan fingerprint density at radius 1 is 1.39 bits per heavy atom. The Morgan fingerprint density at radius 3 is 2.94 bits per heavy atom. The lowest BCUT2D eigenvalue weighted by Crippen LogP contribution is -2.33. The van der Waals surface area contributed by atoms with Gasteiger partial charge in [-0.25, -0.2) is 0 Å². The molecule has 1 aromatic carbocycles. The first-order valence-corrected chi connectivity index (χ1v) is 5.98. The number of carbonyl (C=O) groups is 1. The molecule has 1 amide bonds. The van der Waals surface area contributed by atoms with Crippen LogP contribution in [-0.4, -0.2) is 44.8 Å². The smallest absolute Gasteiger partial charge is 0.231 e. The van der Waals surface area contributed by atoms with E-state index in [2.05, 4.69) is 5.32 Å². The molecule has 0 bridgehead atoms. The van der Waals surface area contributed by atoms with Crippen molar-refractivity contribution < 1.29 is 14.3 Å². The molecule has 18 heavy (non-hydrogen) atoms. The van der Waals surface area contributed by atoms with E-state index in [1.807, 2.05) is 32.3 Å². The van der Waals surface area contributed by atoms with Crippen LogP contribution in [0, 0.1) is 0 Å². The molecule has 1 aliphatic heterocycles. The molecule has 0 unspecified atom stereocenters. The fourth-order valence-corrected chi connectivity index (χ4v) is 1.76. The van der Waals surface area contributed by atoms with Crippen LogP contribution in [0.3, 0.4) is 0 Å². The van der Waals surface area contributed by atoms with Crippen LogP contribution in [0.4, 0.5) is 0 Å². The first-order chi connectivity index (χ1) is 8.70. The maximum Gasteiger partial charge on any atom is 0.231 e. The first-order valence-electron chi connectivity index (χ1n) is 5.98. The number of nitrogens with zero attached hydrogens (tertiary/aromatic N) is 1. The third-order valence-corrected chi connectivity index (χ3v) is 2.92. The van der Waals surface area contributed by atoms with Gasteiger partial charge in [0.05, 0.1) is 6.42 Å². The van der Waals surface area contributed by atoms with Crippen molar-refractivity contribution in [2.45, 2.75) is 6.42 Å². The molecular weight excluding hydrogens is 232 g/mol. The van der Waals surface area contributed by atoms with Gasteiger partial charge in [0, 0.05) is 20.1 Å². The summed E-state index contributed by atoms with van der Waals surface area (Å²) in [7, 11) is 3.68. The van der Waals surface area contributed by atoms with Gasteiger partial charge in [0.15, 0.2) is 11.5 Å². The summed E-state index contributed by atoms with van der Waals surface area (Å²) >= 11 is 0. The largest absolute Gasteiger partial charge is 0.454 e. The van der Waals surface area contributed by atoms with Crippen LogP contribution >= 0.6 is 0 Å². The summed E-state index contributed by atoms with van der Waals surface area (Å²) in [6.45, 7) is 1.76. The number of ether oxygens (including phenoxy) is 2. The second kappa shape index (κ2) is 5.73. The predicted octanol–water partition coefficient (Wildman–Crippen LogP) is 0.636. The van der Waals surface area contributed by atoms with E-state index >= 15 is 0 Å². The number of carbonyl (C=O) groups excluding carboxylic acids is 1. The summed E-state index contributed by atoms with van der Waals surface area (Å²) in [6, 6.07) is 5.61. The van der Waals surface area contributed by atoms with E-state index in [9.17, 15) is 4.79 Å². The number of rotatable bonds is 5. The molecule has 0 saturated heterocycles. The highest BCUT2D eigenvalue weighted by Gasteiger charge is 2.15. The topological polar surface area (TPSA) is 50.8 Å². The van der Waals surface area contributed by atoms with E-state index in [-0.39, 0.29) is 12.7 Å². The average molecular weight is 250 g/mol. The van der Waals surface area contributed by atoms with Crippen LogP contribution in [0.5, 0.6) is 11.5 Å². The minimum absolute atomic E-state index is 0.101. The van der Waals surface area contributed by atoms with Crippen molar-refractivity contribution in [3.05, 3.63) is 23.8 Å². The predicted molar refractivity (Wildman–Crippen MR) is 67.8 cm³/mol. The molecule has 1 heterocycles. The van der Waals surface area contributed by atoms with Crippen molar-refractivity contribution in [3.63, 3.8) is 0 Å². The van der Waals surface area contributed by atoms with E-state index in [4.69, 9.17) is 9.47 Å². The molecule has 0 atom stereocenters. The Kier molecular flexibility index (Phi) is 4.04. The van der Waals surface area contributed by atoms with Crippen LogP contribution in [0.2, 0.25) is 0 Å². The fourth-order valence-electron chi connectivity index (χ4n) is 1.76. The van der Waals surface area contributed by atoms with Gasteiger partial charge in [-0.05, 0) is 24.7 Å². The van der Waals surface area contributed by atoms with Crippen LogP contribution in [0.25, 0.3) is 0 Å². The Bertz CT molecular complexity index is 434. The minimum atomic E-state index is 0.101. The molecule has 5 nitrogen and oxygen atoms in total. The number of nitrogens with one attached hydrogen (secondary N) is 1. The third-order valence-electron chi connectivity index (χ3n) is 2.92. The van der Waals surface area contributed by atoms with Crippen molar-refractivity contribution in [2.75, 3.05) is 34.0 Å². The summed E-state index contributed by atoms with van der Waals surface area (Å²) < 4.78 is 10.5. The molecule has 0 aromatic heterocycles. The zero-order chi connectivity index (χ0) is 13.0. The van der Waals surface area contributed by atoms with Crippen LogP contribution in [0.1, 0.15) is 5.56 Å². The van der Waals surface area contributed by atoms with E-state index in [1.165, 1.54) is 0 Å². The molecule has 1 aromatic rings. The van der Waals surface area contributed by atoms with Gasteiger partial charge in [-0.3, -0.25) is 4.79 Å². The Balaban J connectivity index is 1.94. The molecule has 0 saturated carbocycles. The molecule has 5 heteroatoms. The van der Waals surface area contributed by atoms with Gasteiger partial charge in [0.25, 0.3) is 0 Å². The highest BCUT2D eigenvalue weighted by molar-refractivity contribution is 5.78. The van der Waals surface area contributed by atoms with E-state index in [0.717, 1.165) is 23.6 Å². The van der Waals surface area contributed by atoms with Gasteiger partial charge in [0.1, 0.15) is 0 Å². The molecule has 1 aliphatic rings. The zero-order valence-corrected chi connectivity index (χ0v) is 10.7. The Labute approximate surface area is 107 Å². The van der Waals surface area contributed by atoms with Gasteiger partial charge in [-0.2, -0.15) is 0 Å². The van der Waals surface area contributed by atoms with Gasteiger partial charge in [-0.15, -0.1) is 0 Å². The summed E-state index contributed by atoms with van der Waals surface area (Å²) in [5, 5.41) is 3.02. The maximum absolute atomic E-state index is 11.9. The molecule has 0 spiro atoms. The summed E-state index contributed by atoms with van der Waals surface area (Å²) in [4.78, 5) is 13.7.